The van der Waals surface area contributed by atoms with E-state index in [1.165, 1.54) is 21.7 Å². The molecular formula is C18H26N2S. The summed E-state index contributed by atoms with van der Waals surface area (Å²) in [5, 5.41) is 4.66. The van der Waals surface area contributed by atoms with Gasteiger partial charge >= 0.3 is 0 Å². The van der Waals surface area contributed by atoms with Crippen molar-refractivity contribution < 1.29 is 0 Å². The minimum absolute atomic E-state index is 0.502. The summed E-state index contributed by atoms with van der Waals surface area (Å²) in [6.45, 7) is 11.9. The van der Waals surface area contributed by atoms with E-state index in [9.17, 15) is 0 Å². The van der Waals surface area contributed by atoms with Gasteiger partial charge in [0.05, 0.1) is 5.69 Å². The van der Waals surface area contributed by atoms with Crippen molar-refractivity contribution in [2.75, 3.05) is 0 Å². The molecule has 0 saturated carbocycles. The van der Waals surface area contributed by atoms with Crippen molar-refractivity contribution in [2.24, 2.45) is 5.92 Å². The molecule has 0 saturated heterocycles. The second-order valence-electron chi connectivity index (χ2n) is 6.39. The van der Waals surface area contributed by atoms with Crippen molar-refractivity contribution in [3.05, 3.63) is 40.4 Å². The lowest BCUT2D eigenvalue weighted by molar-refractivity contribution is 0.581. The molecule has 0 aliphatic carbocycles. The van der Waals surface area contributed by atoms with E-state index in [-0.39, 0.29) is 0 Å². The second-order valence-corrected chi connectivity index (χ2v) is 7.47. The Bertz CT molecular complexity index is 567. The fourth-order valence-electron chi connectivity index (χ4n) is 2.18. The summed E-state index contributed by atoms with van der Waals surface area (Å²) in [4.78, 5) is 6.29. The van der Waals surface area contributed by atoms with Gasteiger partial charge < -0.3 is 5.32 Å². The monoisotopic (exact) mass is 302 g/mol. The van der Waals surface area contributed by atoms with Gasteiger partial charge in [0.1, 0.15) is 5.01 Å². The summed E-state index contributed by atoms with van der Waals surface area (Å²) in [6.07, 6.45) is 1.05. The van der Waals surface area contributed by atoms with E-state index < -0.39 is 0 Å². The molecule has 0 amide bonds. The van der Waals surface area contributed by atoms with Crippen LogP contribution in [-0.4, -0.2) is 11.0 Å². The Balaban J connectivity index is 2.28. The van der Waals surface area contributed by atoms with Crippen LogP contribution in [0.15, 0.2) is 24.3 Å². The highest BCUT2D eigenvalue weighted by Crippen LogP contribution is 2.29. The molecule has 0 fully saturated rings. The molecule has 114 valence electrons. The predicted octanol–water partition coefficient (Wildman–Crippen LogP) is 4.82. The summed E-state index contributed by atoms with van der Waals surface area (Å²) < 4.78 is 0. The number of nitrogens with one attached hydrogen (secondary N) is 1. The number of nitrogens with zero attached hydrogens (tertiary/aromatic N) is 1. The second kappa shape index (κ2) is 7.19. The molecule has 3 heteroatoms. The maximum atomic E-state index is 4.91. The van der Waals surface area contributed by atoms with Crippen LogP contribution in [0.4, 0.5) is 0 Å². The van der Waals surface area contributed by atoms with Crippen LogP contribution < -0.4 is 5.32 Å². The van der Waals surface area contributed by atoms with Crippen LogP contribution in [0.25, 0.3) is 10.6 Å². The van der Waals surface area contributed by atoms with Gasteiger partial charge in [-0.3, -0.25) is 0 Å². The van der Waals surface area contributed by atoms with E-state index in [1.807, 2.05) is 11.3 Å². The number of thiazole rings is 1. The number of aromatic nitrogens is 1. The molecule has 1 aromatic carbocycles. The predicted molar refractivity (Wildman–Crippen MR) is 92.8 cm³/mol. The van der Waals surface area contributed by atoms with Gasteiger partial charge in [0.15, 0.2) is 0 Å². The normalized spacial score (nSPS) is 11.6. The van der Waals surface area contributed by atoms with Gasteiger partial charge in [-0.1, -0.05) is 57.5 Å². The van der Waals surface area contributed by atoms with Crippen molar-refractivity contribution >= 4 is 11.3 Å². The Morgan fingerprint density at radius 3 is 2.33 bits per heavy atom. The van der Waals surface area contributed by atoms with Gasteiger partial charge in [-0.2, -0.15) is 0 Å². The fourth-order valence-corrected chi connectivity index (χ4v) is 3.23. The number of aryl methyl sites for hydroxylation is 1. The van der Waals surface area contributed by atoms with Crippen LogP contribution in [0.2, 0.25) is 0 Å². The van der Waals surface area contributed by atoms with Crippen LogP contribution in [0.1, 0.15) is 43.8 Å². The Labute approximate surface area is 132 Å². The zero-order valence-electron chi connectivity index (χ0n) is 13.7. The number of hydrogen-bond donors (Lipinski definition) is 1. The fraction of sp³-hybridized carbons (Fsp3) is 0.500. The van der Waals surface area contributed by atoms with E-state index in [0.717, 1.165) is 18.0 Å². The van der Waals surface area contributed by atoms with Gasteiger partial charge in [0.25, 0.3) is 0 Å². The third-order valence-corrected chi connectivity index (χ3v) is 4.50. The lowest BCUT2D eigenvalue weighted by atomic mass is 10.1. The van der Waals surface area contributed by atoms with Gasteiger partial charge in [-0.15, -0.1) is 11.3 Å². The average molecular weight is 302 g/mol. The molecule has 2 nitrogen and oxygen atoms in total. The molecule has 0 atom stereocenters. The smallest absolute Gasteiger partial charge is 0.123 e. The molecule has 21 heavy (non-hydrogen) atoms. The molecule has 0 unspecified atom stereocenters. The zero-order chi connectivity index (χ0) is 15.4. The van der Waals surface area contributed by atoms with Crippen molar-refractivity contribution in [3.8, 4) is 10.6 Å². The summed E-state index contributed by atoms with van der Waals surface area (Å²) in [5.74, 6) is 0.635. The van der Waals surface area contributed by atoms with Gasteiger partial charge in [0, 0.05) is 23.0 Å². The number of rotatable bonds is 6. The van der Waals surface area contributed by atoms with Gasteiger partial charge in [-0.05, 0) is 19.3 Å². The molecule has 2 aromatic rings. The van der Waals surface area contributed by atoms with E-state index in [0.29, 0.717) is 12.0 Å². The minimum Gasteiger partial charge on any atom is -0.310 e. The molecular weight excluding hydrogens is 276 g/mol. The molecule has 0 bridgehead atoms. The van der Waals surface area contributed by atoms with Crippen molar-refractivity contribution in [3.63, 3.8) is 0 Å². The lowest BCUT2D eigenvalue weighted by Gasteiger charge is -2.08. The first-order valence-electron chi connectivity index (χ1n) is 7.74. The van der Waals surface area contributed by atoms with Gasteiger partial charge in [0.2, 0.25) is 0 Å². The maximum Gasteiger partial charge on any atom is 0.123 e. The van der Waals surface area contributed by atoms with Crippen LogP contribution in [-0.2, 0) is 13.0 Å². The Morgan fingerprint density at radius 1 is 1.10 bits per heavy atom. The molecule has 1 N–H and O–H groups in total. The lowest BCUT2D eigenvalue weighted by Crippen LogP contribution is -2.22. The first kappa shape index (κ1) is 16.2. The van der Waals surface area contributed by atoms with Crippen molar-refractivity contribution in [2.45, 2.75) is 53.6 Å². The highest BCUT2D eigenvalue weighted by Gasteiger charge is 2.14. The summed E-state index contributed by atoms with van der Waals surface area (Å²) in [6, 6.07) is 9.16. The largest absolute Gasteiger partial charge is 0.310 e. The summed E-state index contributed by atoms with van der Waals surface area (Å²) >= 11 is 1.83. The summed E-state index contributed by atoms with van der Waals surface area (Å²) in [5.41, 5.74) is 3.78. The topological polar surface area (TPSA) is 24.9 Å². The Morgan fingerprint density at radius 2 is 1.76 bits per heavy atom. The first-order chi connectivity index (χ1) is 9.95. The van der Waals surface area contributed by atoms with E-state index in [1.54, 1.807) is 0 Å². The highest BCUT2D eigenvalue weighted by atomic mass is 32.1. The Hall–Kier alpha value is -1.19. The standard InChI is InChI=1S/C18H26N2S/c1-12(2)10-16-17(11-19-13(3)4)21-18(20-16)15-8-6-14(5)7-9-15/h6-9,12-13,19H,10-11H2,1-5H3. The summed E-state index contributed by atoms with van der Waals surface area (Å²) in [7, 11) is 0. The Kier molecular flexibility index (Phi) is 5.54. The molecule has 0 aliphatic heterocycles. The van der Waals surface area contributed by atoms with Crippen molar-refractivity contribution in [1.29, 1.82) is 0 Å². The van der Waals surface area contributed by atoms with Crippen LogP contribution in [0, 0.1) is 12.8 Å². The molecule has 0 aliphatic rings. The molecule has 0 radical (unpaired) electrons. The van der Waals surface area contributed by atoms with E-state index in [4.69, 9.17) is 4.98 Å². The van der Waals surface area contributed by atoms with E-state index in [2.05, 4.69) is 64.2 Å². The quantitative estimate of drug-likeness (QED) is 0.828. The minimum atomic E-state index is 0.502. The molecule has 1 heterocycles. The first-order valence-corrected chi connectivity index (χ1v) is 8.56. The van der Waals surface area contributed by atoms with Crippen molar-refractivity contribution in [1.82, 2.24) is 10.3 Å². The number of benzene rings is 1. The average Bonchev–Trinajstić information content (AvgIpc) is 2.79. The third kappa shape index (κ3) is 4.65. The van der Waals surface area contributed by atoms with Crippen LogP contribution in [0.3, 0.4) is 0 Å². The van der Waals surface area contributed by atoms with Gasteiger partial charge in [-0.25, -0.2) is 4.98 Å². The molecule has 0 spiro atoms. The molecule has 2 rings (SSSR count). The number of hydrogen-bond acceptors (Lipinski definition) is 3. The highest BCUT2D eigenvalue weighted by molar-refractivity contribution is 7.15. The maximum absolute atomic E-state index is 4.91. The van der Waals surface area contributed by atoms with Crippen LogP contribution >= 0.6 is 11.3 Å². The third-order valence-electron chi connectivity index (χ3n) is 3.35. The van der Waals surface area contributed by atoms with Crippen LogP contribution in [0.5, 0.6) is 0 Å². The van der Waals surface area contributed by atoms with E-state index >= 15 is 0 Å². The molecule has 1 aromatic heterocycles. The zero-order valence-corrected chi connectivity index (χ0v) is 14.6. The SMILES string of the molecule is Cc1ccc(-c2nc(CC(C)C)c(CNC(C)C)s2)cc1.